The molecule has 0 fully saturated rings. The molecule has 2 N–H and O–H groups in total. The van der Waals surface area contributed by atoms with Gasteiger partial charge < -0.3 is 20.1 Å². The van der Waals surface area contributed by atoms with Gasteiger partial charge in [0.25, 0.3) is 5.91 Å². The van der Waals surface area contributed by atoms with E-state index in [2.05, 4.69) is 22.2 Å². The number of esters is 1. The van der Waals surface area contributed by atoms with Crippen LogP contribution in [0.1, 0.15) is 16.1 Å². The highest BCUT2D eigenvalue weighted by atomic mass is 32.1. The number of anilines is 1. The van der Waals surface area contributed by atoms with Crippen LogP contribution in [0.2, 0.25) is 0 Å². The van der Waals surface area contributed by atoms with Crippen LogP contribution in [0.5, 0.6) is 5.75 Å². The Labute approximate surface area is 149 Å². The number of carbonyl (C=O) groups excluding carboxylic acids is 2. The van der Waals surface area contributed by atoms with Crippen LogP contribution in [0.4, 0.5) is 5.13 Å². The zero-order chi connectivity index (χ0) is 18.1. The van der Waals surface area contributed by atoms with Crippen molar-refractivity contribution in [3.63, 3.8) is 0 Å². The van der Waals surface area contributed by atoms with E-state index in [0.717, 1.165) is 5.56 Å². The Hall–Kier alpha value is -2.87. The van der Waals surface area contributed by atoms with Crippen molar-refractivity contribution < 1.29 is 19.1 Å². The second kappa shape index (κ2) is 9.43. The zero-order valence-electron chi connectivity index (χ0n) is 13.8. The maximum atomic E-state index is 11.9. The quantitative estimate of drug-likeness (QED) is 0.526. The highest BCUT2D eigenvalue weighted by Crippen LogP contribution is 2.16. The molecule has 2 aromatic rings. The molecule has 0 saturated carbocycles. The molecule has 25 heavy (non-hydrogen) atoms. The van der Waals surface area contributed by atoms with Crippen molar-refractivity contribution in [3.05, 3.63) is 53.6 Å². The van der Waals surface area contributed by atoms with E-state index < -0.39 is 11.9 Å². The number of amides is 1. The number of nitrogens with one attached hydrogen (secondary N) is 2. The molecule has 0 aliphatic rings. The molecule has 0 saturated heterocycles. The summed E-state index contributed by atoms with van der Waals surface area (Å²) in [5.74, 6) is -0.321. The van der Waals surface area contributed by atoms with E-state index in [-0.39, 0.29) is 12.3 Å². The predicted molar refractivity (Wildman–Crippen MR) is 95.9 cm³/mol. The van der Waals surface area contributed by atoms with Gasteiger partial charge in [0.05, 0.1) is 7.11 Å². The average molecular weight is 361 g/mol. The smallest absolute Gasteiger partial charge is 0.358 e. The molecular weight excluding hydrogens is 342 g/mol. The van der Waals surface area contributed by atoms with E-state index in [0.29, 0.717) is 24.0 Å². The molecule has 0 aliphatic carbocycles. The number of nitrogens with zero attached hydrogens (tertiary/aromatic N) is 1. The lowest BCUT2D eigenvalue weighted by atomic mass is 10.2. The Morgan fingerprint density at radius 1 is 1.40 bits per heavy atom. The summed E-state index contributed by atoms with van der Waals surface area (Å²) >= 11 is 1.28. The van der Waals surface area contributed by atoms with E-state index in [9.17, 15) is 9.59 Å². The van der Waals surface area contributed by atoms with Gasteiger partial charge in [-0.25, -0.2) is 9.78 Å². The molecule has 7 nitrogen and oxygen atoms in total. The summed E-state index contributed by atoms with van der Waals surface area (Å²) in [6, 6.07) is 7.33. The van der Waals surface area contributed by atoms with Crippen molar-refractivity contribution in [2.45, 2.75) is 6.54 Å². The van der Waals surface area contributed by atoms with E-state index in [1.54, 1.807) is 18.6 Å². The van der Waals surface area contributed by atoms with Crippen molar-refractivity contribution in [2.75, 3.05) is 25.6 Å². The van der Waals surface area contributed by atoms with Gasteiger partial charge in [-0.3, -0.25) is 4.79 Å². The second-order valence-electron chi connectivity index (χ2n) is 4.91. The zero-order valence-corrected chi connectivity index (χ0v) is 14.6. The fourth-order valence-electron chi connectivity index (χ4n) is 1.85. The Balaban J connectivity index is 1.76. The number of rotatable bonds is 9. The average Bonchev–Trinajstić information content (AvgIpc) is 3.12. The number of hydrogen-bond donors (Lipinski definition) is 2. The van der Waals surface area contributed by atoms with Crippen LogP contribution >= 0.6 is 11.3 Å². The first-order chi connectivity index (χ1) is 12.1. The van der Waals surface area contributed by atoms with Gasteiger partial charge in [0.15, 0.2) is 17.4 Å². The Kier molecular flexibility index (Phi) is 6.97. The van der Waals surface area contributed by atoms with E-state index >= 15 is 0 Å². The van der Waals surface area contributed by atoms with Gasteiger partial charge in [-0.15, -0.1) is 17.9 Å². The van der Waals surface area contributed by atoms with Crippen LogP contribution in [0, 0.1) is 0 Å². The molecule has 0 unspecified atom stereocenters. The summed E-state index contributed by atoms with van der Waals surface area (Å²) in [7, 11) is 1.58. The summed E-state index contributed by atoms with van der Waals surface area (Å²) in [5, 5.41) is 7.81. The highest BCUT2D eigenvalue weighted by molar-refractivity contribution is 7.13. The summed E-state index contributed by atoms with van der Waals surface area (Å²) in [6.07, 6.45) is 1.69. The van der Waals surface area contributed by atoms with Crippen LogP contribution in [-0.4, -0.2) is 37.1 Å². The first-order valence-corrected chi connectivity index (χ1v) is 8.37. The Bertz CT molecular complexity index is 745. The normalized spacial score (nSPS) is 9.96. The monoisotopic (exact) mass is 361 g/mol. The van der Waals surface area contributed by atoms with Gasteiger partial charge in [0.1, 0.15) is 5.75 Å². The van der Waals surface area contributed by atoms with Crippen LogP contribution in [0.3, 0.4) is 0 Å². The van der Waals surface area contributed by atoms with Gasteiger partial charge in [0.2, 0.25) is 0 Å². The van der Waals surface area contributed by atoms with Crippen molar-refractivity contribution in [2.24, 2.45) is 0 Å². The van der Waals surface area contributed by atoms with Crippen LogP contribution in [0.25, 0.3) is 0 Å². The van der Waals surface area contributed by atoms with Crippen molar-refractivity contribution in [1.82, 2.24) is 10.3 Å². The number of carbonyl (C=O) groups is 2. The molecular formula is C17H19N3O4S. The molecule has 0 aliphatic heterocycles. The molecule has 0 bridgehead atoms. The number of ether oxygens (including phenoxy) is 2. The summed E-state index contributed by atoms with van der Waals surface area (Å²) in [5.41, 5.74) is 1.05. The Morgan fingerprint density at radius 2 is 2.24 bits per heavy atom. The molecule has 8 heteroatoms. The van der Waals surface area contributed by atoms with Crippen LogP contribution in [-0.2, 0) is 16.1 Å². The number of benzene rings is 1. The lowest BCUT2D eigenvalue weighted by Crippen LogP contribution is -2.28. The predicted octanol–water partition coefficient (Wildman–Crippen LogP) is 2.22. The minimum Gasteiger partial charge on any atom is -0.497 e. The maximum Gasteiger partial charge on any atom is 0.358 e. The van der Waals surface area contributed by atoms with E-state index in [1.165, 1.54) is 11.3 Å². The van der Waals surface area contributed by atoms with Gasteiger partial charge in [-0.1, -0.05) is 18.2 Å². The molecule has 0 radical (unpaired) electrons. The van der Waals surface area contributed by atoms with Gasteiger partial charge in [0, 0.05) is 18.5 Å². The van der Waals surface area contributed by atoms with Crippen LogP contribution in [0.15, 0.2) is 42.3 Å². The minimum absolute atomic E-state index is 0.164. The third-order valence-electron chi connectivity index (χ3n) is 3.07. The molecule has 0 atom stereocenters. The fraction of sp³-hybridized carbons (Fsp3) is 0.235. The number of methoxy groups -OCH3 is 1. The molecule has 132 valence electrons. The van der Waals surface area contributed by atoms with Gasteiger partial charge >= 0.3 is 5.97 Å². The fourth-order valence-corrected chi connectivity index (χ4v) is 2.54. The largest absolute Gasteiger partial charge is 0.497 e. The molecule has 0 spiro atoms. The summed E-state index contributed by atoms with van der Waals surface area (Å²) in [4.78, 5) is 27.7. The molecule has 1 heterocycles. The topological polar surface area (TPSA) is 89.5 Å². The third kappa shape index (κ3) is 5.92. The standard InChI is InChI=1S/C17H19N3O4S/c1-3-7-18-17-20-14(11-25-17)16(22)24-10-15(21)19-9-12-5-4-6-13(8-12)23-2/h3-6,8,11H,1,7,9-10H2,2H3,(H,18,20)(H,19,21). The Morgan fingerprint density at radius 3 is 3.00 bits per heavy atom. The summed E-state index contributed by atoms with van der Waals surface area (Å²) < 4.78 is 10.1. The van der Waals surface area contributed by atoms with Crippen LogP contribution < -0.4 is 15.4 Å². The molecule has 2 rings (SSSR count). The first kappa shape index (κ1) is 18.5. The van der Waals surface area contributed by atoms with Crippen molar-refractivity contribution in [3.8, 4) is 5.75 Å². The van der Waals surface area contributed by atoms with E-state index in [4.69, 9.17) is 9.47 Å². The lowest BCUT2D eigenvalue weighted by molar-refractivity contribution is -0.124. The maximum absolute atomic E-state index is 11.9. The first-order valence-electron chi connectivity index (χ1n) is 7.49. The number of aromatic nitrogens is 1. The van der Waals surface area contributed by atoms with Gasteiger partial charge in [-0.05, 0) is 17.7 Å². The molecule has 1 aromatic heterocycles. The summed E-state index contributed by atoms with van der Waals surface area (Å²) in [6.45, 7) is 4.09. The van der Waals surface area contributed by atoms with Gasteiger partial charge in [-0.2, -0.15) is 0 Å². The molecule has 1 amide bonds. The van der Waals surface area contributed by atoms with E-state index in [1.807, 2.05) is 24.3 Å². The van der Waals surface area contributed by atoms with Crippen molar-refractivity contribution >= 4 is 28.3 Å². The number of thiazole rings is 1. The third-order valence-corrected chi connectivity index (χ3v) is 3.87. The second-order valence-corrected chi connectivity index (χ2v) is 5.77. The number of hydrogen-bond acceptors (Lipinski definition) is 7. The SMILES string of the molecule is C=CCNc1nc(C(=O)OCC(=O)NCc2cccc(OC)c2)cs1. The highest BCUT2D eigenvalue weighted by Gasteiger charge is 2.14. The lowest BCUT2D eigenvalue weighted by Gasteiger charge is -2.07. The van der Waals surface area contributed by atoms with Crippen molar-refractivity contribution in [1.29, 1.82) is 0 Å². The minimum atomic E-state index is -0.639. The molecule has 1 aromatic carbocycles.